The zero-order valence-electron chi connectivity index (χ0n) is 15.7. The molecule has 0 spiro atoms. The smallest absolute Gasteiger partial charge is 0.224 e. The number of rotatable bonds is 6. The Labute approximate surface area is 163 Å². The van der Waals surface area contributed by atoms with Crippen molar-refractivity contribution < 1.29 is 4.79 Å². The van der Waals surface area contributed by atoms with Crippen LogP contribution >= 0.6 is 0 Å². The first kappa shape index (κ1) is 17.9. The largest absolute Gasteiger partial charge is 0.350 e. The van der Waals surface area contributed by atoms with E-state index in [1.165, 1.54) is 0 Å². The summed E-state index contributed by atoms with van der Waals surface area (Å²) in [5, 5.41) is 2.91. The molecule has 0 saturated carbocycles. The Kier molecular flexibility index (Phi) is 5.10. The Morgan fingerprint density at radius 2 is 1.82 bits per heavy atom. The fourth-order valence-corrected chi connectivity index (χ4v) is 3.17. The van der Waals surface area contributed by atoms with Gasteiger partial charge in [-0.1, -0.05) is 25.1 Å². The minimum absolute atomic E-state index is 0.0256. The highest BCUT2D eigenvalue weighted by Crippen LogP contribution is 2.20. The lowest BCUT2D eigenvalue weighted by Gasteiger charge is -2.09. The Hall–Kier alpha value is -3.54. The van der Waals surface area contributed by atoms with Gasteiger partial charge >= 0.3 is 0 Å². The number of carbonyl (C=O) groups is 1. The Morgan fingerprint density at radius 1 is 1.00 bits per heavy atom. The summed E-state index contributed by atoms with van der Waals surface area (Å²) >= 11 is 0. The van der Waals surface area contributed by atoms with Gasteiger partial charge in [-0.2, -0.15) is 0 Å². The number of benzene rings is 1. The summed E-state index contributed by atoms with van der Waals surface area (Å²) in [6.07, 6.45) is 4.64. The standard InChI is InChI=1S/C22H21N5O/c1-2-20-26-19-7-5-13-24-22(19)27(20)18-10-8-16(9-11-18)14-21(28)25-15-17-6-3-4-12-23-17/h3-13H,2,14-15H2,1H3,(H,25,28). The van der Waals surface area contributed by atoms with Gasteiger partial charge in [0.15, 0.2) is 5.65 Å². The van der Waals surface area contributed by atoms with Crippen molar-refractivity contribution in [3.05, 3.63) is 84.1 Å². The average molecular weight is 371 g/mol. The number of fused-ring (bicyclic) bond motifs is 1. The van der Waals surface area contributed by atoms with Gasteiger partial charge in [0, 0.05) is 24.5 Å². The summed E-state index contributed by atoms with van der Waals surface area (Å²) in [5.41, 5.74) is 4.53. The van der Waals surface area contributed by atoms with Crippen LogP contribution in [0.2, 0.25) is 0 Å². The molecule has 3 aromatic heterocycles. The van der Waals surface area contributed by atoms with Gasteiger partial charge in [-0.3, -0.25) is 14.3 Å². The van der Waals surface area contributed by atoms with Crippen LogP contribution in [0.4, 0.5) is 0 Å². The Balaban J connectivity index is 1.48. The third-order valence-electron chi connectivity index (χ3n) is 4.55. The molecular weight excluding hydrogens is 350 g/mol. The number of amides is 1. The molecule has 0 fully saturated rings. The quantitative estimate of drug-likeness (QED) is 0.565. The second kappa shape index (κ2) is 8.00. The third kappa shape index (κ3) is 3.76. The monoisotopic (exact) mass is 371 g/mol. The van der Waals surface area contributed by atoms with Gasteiger partial charge in [0.05, 0.1) is 18.7 Å². The highest BCUT2D eigenvalue weighted by molar-refractivity contribution is 5.78. The zero-order chi connectivity index (χ0) is 19.3. The molecule has 3 heterocycles. The van der Waals surface area contributed by atoms with Crippen LogP contribution in [0.15, 0.2) is 67.0 Å². The number of aryl methyl sites for hydroxylation is 1. The molecule has 0 aliphatic heterocycles. The summed E-state index contributed by atoms with van der Waals surface area (Å²) in [6, 6.07) is 17.5. The van der Waals surface area contributed by atoms with E-state index in [1.54, 1.807) is 12.4 Å². The van der Waals surface area contributed by atoms with E-state index >= 15 is 0 Å². The van der Waals surface area contributed by atoms with Crippen molar-refractivity contribution in [2.45, 2.75) is 26.3 Å². The Bertz CT molecular complexity index is 1090. The van der Waals surface area contributed by atoms with Crippen LogP contribution in [0.3, 0.4) is 0 Å². The number of nitrogens with zero attached hydrogens (tertiary/aromatic N) is 4. The number of nitrogens with one attached hydrogen (secondary N) is 1. The Morgan fingerprint density at radius 3 is 2.57 bits per heavy atom. The molecule has 0 aliphatic rings. The van der Waals surface area contributed by atoms with Crippen molar-refractivity contribution in [1.29, 1.82) is 0 Å². The van der Waals surface area contributed by atoms with Crippen LogP contribution in [0.1, 0.15) is 24.0 Å². The minimum Gasteiger partial charge on any atom is -0.350 e. The van der Waals surface area contributed by atoms with Crippen LogP contribution in [-0.2, 0) is 24.2 Å². The van der Waals surface area contributed by atoms with E-state index in [-0.39, 0.29) is 5.91 Å². The topological polar surface area (TPSA) is 72.7 Å². The molecule has 1 aromatic carbocycles. The molecular formula is C22H21N5O. The predicted molar refractivity (Wildman–Crippen MR) is 108 cm³/mol. The van der Waals surface area contributed by atoms with Crippen LogP contribution < -0.4 is 5.32 Å². The van der Waals surface area contributed by atoms with E-state index < -0.39 is 0 Å². The fourth-order valence-electron chi connectivity index (χ4n) is 3.17. The number of aromatic nitrogens is 4. The molecule has 6 nitrogen and oxygen atoms in total. The van der Waals surface area contributed by atoms with Crippen LogP contribution in [-0.4, -0.2) is 25.4 Å². The summed E-state index contributed by atoms with van der Waals surface area (Å²) in [4.78, 5) is 25.6. The molecule has 1 amide bonds. The molecule has 0 atom stereocenters. The molecule has 6 heteroatoms. The molecule has 1 N–H and O–H groups in total. The van der Waals surface area contributed by atoms with Gasteiger partial charge in [-0.05, 0) is 42.0 Å². The second-order valence-corrected chi connectivity index (χ2v) is 6.50. The average Bonchev–Trinajstić information content (AvgIpc) is 3.12. The number of carbonyl (C=O) groups excluding carboxylic acids is 1. The van der Waals surface area contributed by atoms with Crippen LogP contribution in [0, 0.1) is 0 Å². The second-order valence-electron chi connectivity index (χ2n) is 6.50. The lowest BCUT2D eigenvalue weighted by Crippen LogP contribution is -2.24. The highest BCUT2D eigenvalue weighted by atomic mass is 16.1. The summed E-state index contributed by atoms with van der Waals surface area (Å²) in [7, 11) is 0. The number of pyridine rings is 2. The van der Waals surface area contributed by atoms with Gasteiger partial charge < -0.3 is 5.32 Å². The maximum Gasteiger partial charge on any atom is 0.224 e. The first-order valence-electron chi connectivity index (χ1n) is 9.33. The molecule has 28 heavy (non-hydrogen) atoms. The van der Waals surface area contributed by atoms with Crippen molar-refractivity contribution in [1.82, 2.24) is 24.8 Å². The number of imidazole rings is 1. The van der Waals surface area contributed by atoms with Crippen LogP contribution in [0.25, 0.3) is 16.9 Å². The van der Waals surface area contributed by atoms with Crippen molar-refractivity contribution in [2.24, 2.45) is 0 Å². The molecule has 0 saturated heterocycles. The van der Waals surface area contributed by atoms with E-state index in [1.807, 2.05) is 54.6 Å². The lowest BCUT2D eigenvalue weighted by molar-refractivity contribution is -0.120. The highest BCUT2D eigenvalue weighted by Gasteiger charge is 2.12. The molecule has 0 radical (unpaired) electrons. The van der Waals surface area contributed by atoms with E-state index in [0.29, 0.717) is 13.0 Å². The van der Waals surface area contributed by atoms with Gasteiger partial charge in [0.1, 0.15) is 11.3 Å². The number of hydrogen-bond acceptors (Lipinski definition) is 4. The van der Waals surface area contributed by atoms with Gasteiger partial charge in [-0.25, -0.2) is 9.97 Å². The molecule has 0 unspecified atom stereocenters. The normalized spacial score (nSPS) is 10.9. The van der Waals surface area contributed by atoms with E-state index in [2.05, 4.69) is 31.8 Å². The fraction of sp³-hybridized carbons (Fsp3) is 0.182. The zero-order valence-corrected chi connectivity index (χ0v) is 15.7. The van der Waals surface area contributed by atoms with Crippen molar-refractivity contribution >= 4 is 17.1 Å². The van der Waals surface area contributed by atoms with E-state index in [0.717, 1.165) is 40.4 Å². The summed E-state index contributed by atoms with van der Waals surface area (Å²) < 4.78 is 2.07. The molecule has 0 aliphatic carbocycles. The minimum atomic E-state index is -0.0256. The summed E-state index contributed by atoms with van der Waals surface area (Å²) in [5.74, 6) is 0.942. The lowest BCUT2D eigenvalue weighted by atomic mass is 10.1. The maximum atomic E-state index is 12.2. The van der Waals surface area contributed by atoms with E-state index in [4.69, 9.17) is 0 Å². The molecule has 4 rings (SSSR count). The van der Waals surface area contributed by atoms with Gasteiger partial charge in [0.2, 0.25) is 5.91 Å². The number of hydrogen-bond donors (Lipinski definition) is 1. The van der Waals surface area contributed by atoms with Crippen molar-refractivity contribution in [3.63, 3.8) is 0 Å². The first-order chi connectivity index (χ1) is 13.7. The van der Waals surface area contributed by atoms with Gasteiger partial charge in [0.25, 0.3) is 0 Å². The molecule has 0 bridgehead atoms. The SMILES string of the molecule is CCc1nc2cccnc2n1-c1ccc(CC(=O)NCc2ccccn2)cc1. The van der Waals surface area contributed by atoms with Crippen molar-refractivity contribution in [3.8, 4) is 5.69 Å². The molecule has 4 aromatic rings. The van der Waals surface area contributed by atoms with E-state index in [9.17, 15) is 4.79 Å². The predicted octanol–water partition coefficient (Wildman–Crippen LogP) is 3.24. The van der Waals surface area contributed by atoms with Gasteiger partial charge in [-0.15, -0.1) is 0 Å². The third-order valence-corrected chi connectivity index (χ3v) is 4.55. The van der Waals surface area contributed by atoms with Crippen LogP contribution in [0.5, 0.6) is 0 Å². The molecule has 140 valence electrons. The maximum absolute atomic E-state index is 12.2. The summed E-state index contributed by atoms with van der Waals surface area (Å²) in [6.45, 7) is 2.52. The van der Waals surface area contributed by atoms with Crippen molar-refractivity contribution in [2.75, 3.05) is 0 Å². The first-order valence-corrected chi connectivity index (χ1v) is 9.33.